The molecule has 0 aromatic carbocycles. The molecule has 0 amide bonds. The molecule has 0 saturated carbocycles. The summed E-state index contributed by atoms with van der Waals surface area (Å²) < 4.78 is 5.04. The highest BCUT2D eigenvalue weighted by molar-refractivity contribution is 6.56. The zero-order chi connectivity index (χ0) is 14.0. The molecular weight excluding hydrogens is 262 g/mol. The van der Waals surface area contributed by atoms with Crippen molar-refractivity contribution in [3.63, 3.8) is 0 Å². The summed E-state index contributed by atoms with van der Waals surface area (Å²) in [6.45, 7) is 0.667. The van der Waals surface area contributed by atoms with Gasteiger partial charge in [0, 0.05) is 31.7 Å². The van der Waals surface area contributed by atoms with Crippen LogP contribution in [0, 0.1) is 0 Å². The molecule has 0 spiro atoms. The van der Waals surface area contributed by atoms with Crippen molar-refractivity contribution >= 4 is 14.8 Å². The number of hydrogen-bond acceptors (Lipinski definition) is 8. The molecule has 108 valence electrons. The van der Waals surface area contributed by atoms with E-state index in [1.165, 1.54) is 0 Å². The second kappa shape index (κ2) is 9.39. The molecular formula is C9H20NO7Si-. The molecule has 0 aromatic rings. The van der Waals surface area contributed by atoms with Crippen LogP contribution in [-0.2, 0) is 9.53 Å². The molecule has 9 heteroatoms. The molecule has 5 N–H and O–H groups in total. The van der Waals surface area contributed by atoms with E-state index in [9.17, 15) is 15.0 Å². The average Bonchev–Trinajstić information content (AvgIpc) is 2.22. The number of carbonyl (C=O) groups is 1. The minimum Gasteiger partial charge on any atom is -0.550 e. The van der Waals surface area contributed by atoms with Crippen molar-refractivity contribution < 1.29 is 34.1 Å². The van der Waals surface area contributed by atoms with E-state index in [-0.39, 0.29) is 38.8 Å². The maximum atomic E-state index is 10.1. The molecule has 0 rings (SSSR count). The maximum Gasteiger partial charge on any atom is 0.492 e. The lowest BCUT2D eigenvalue weighted by Gasteiger charge is -2.13. The highest BCUT2D eigenvalue weighted by atomic mass is 28.4. The van der Waals surface area contributed by atoms with Gasteiger partial charge in [-0.15, -0.1) is 0 Å². The standard InChI is InChI=1S/C9H21NO7Si/c11-8(6-10-3-2-9(12)13)7-17-4-1-5-18(14,15)16/h8,10-11,14-16H,1-7H2,(H,12,13)/p-1. The average molecular weight is 282 g/mol. The summed E-state index contributed by atoms with van der Waals surface area (Å²) in [6.07, 6.45) is -0.601. The Bertz CT molecular complexity index is 233. The van der Waals surface area contributed by atoms with Crippen LogP contribution in [0.25, 0.3) is 0 Å². The van der Waals surface area contributed by atoms with Crippen molar-refractivity contribution in [2.45, 2.75) is 25.0 Å². The number of ether oxygens (including phenoxy) is 1. The van der Waals surface area contributed by atoms with Gasteiger partial charge in [0.05, 0.1) is 12.7 Å². The summed E-state index contributed by atoms with van der Waals surface area (Å²) in [7, 11) is -3.99. The van der Waals surface area contributed by atoms with Gasteiger partial charge < -0.3 is 39.4 Å². The van der Waals surface area contributed by atoms with E-state index in [4.69, 9.17) is 19.1 Å². The summed E-state index contributed by atoms with van der Waals surface area (Å²) >= 11 is 0. The number of carboxylic acids is 1. The smallest absolute Gasteiger partial charge is 0.492 e. The predicted octanol–water partition coefficient (Wildman–Crippen LogP) is -3.60. The fourth-order valence-electron chi connectivity index (χ4n) is 1.15. The van der Waals surface area contributed by atoms with Gasteiger partial charge in [-0.25, -0.2) is 0 Å². The van der Waals surface area contributed by atoms with Gasteiger partial charge in [0.1, 0.15) is 0 Å². The molecule has 0 heterocycles. The van der Waals surface area contributed by atoms with E-state index in [0.717, 1.165) is 0 Å². The van der Waals surface area contributed by atoms with Crippen LogP contribution in [0.5, 0.6) is 0 Å². The first-order chi connectivity index (χ1) is 8.31. The number of aliphatic hydroxyl groups is 1. The Morgan fingerprint density at radius 2 is 2.06 bits per heavy atom. The second-order valence-electron chi connectivity index (χ2n) is 3.93. The third-order valence-corrected chi connectivity index (χ3v) is 3.02. The van der Waals surface area contributed by atoms with E-state index < -0.39 is 20.9 Å². The number of nitrogens with one attached hydrogen (secondary N) is 1. The fourth-order valence-corrected chi connectivity index (χ4v) is 1.77. The van der Waals surface area contributed by atoms with Crippen LogP contribution in [0.1, 0.15) is 12.8 Å². The molecule has 18 heavy (non-hydrogen) atoms. The van der Waals surface area contributed by atoms with Crippen molar-refractivity contribution in [2.24, 2.45) is 0 Å². The zero-order valence-electron chi connectivity index (χ0n) is 10.0. The lowest BCUT2D eigenvalue weighted by Crippen LogP contribution is -2.35. The van der Waals surface area contributed by atoms with Gasteiger partial charge in [0.2, 0.25) is 0 Å². The molecule has 0 aliphatic heterocycles. The van der Waals surface area contributed by atoms with Gasteiger partial charge in [-0.3, -0.25) is 0 Å². The Morgan fingerprint density at radius 1 is 1.39 bits per heavy atom. The summed E-state index contributed by atoms with van der Waals surface area (Å²) in [5, 5.41) is 22.2. The first-order valence-electron chi connectivity index (χ1n) is 5.65. The molecule has 0 aromatic heterocycles. The number of carboxylic acid groups (broad SMARTS) is 1. The normalized spacial score (nSPS) is 13.6. The predicted molar refractivity (Wildman–Crippen MR) is 61.2 cm³/mol. The lowest BCUT2D eigenvalue weighted by molar-refractivity contribution is -0.305. The van der Waals surface area contributed by atoms with Crippen LogP contribution in [-0.4, -0.2) is 66.7 Å². The van der Waals surface area contributed by atoms with Crippen LogP contribution in [0.2, 0.25) is 6.04 Å². The third-order valence-electron chi connectivity index (χ3n) is 2.00. The summed E-state index contributed by atoms with van der Waals surface area (Å²) in [5.41, 5.74) is 0. The van der Waals surface area contributed by atoms with Gasteiger partial charge in [-0.05, 0) is 12.8 Å². The lowest BCUT2D eigenvalue weighted by atomic mass is 10.3. The topological polar surface area (TPSA) is 142 Å². The van der Waals surface area contributed by atoms with Crippen molar-refractivity contribution in [3.05, 3.63) is 0 Å². The van der Waals surface area contributed by atoms with Crippen LogP contribution in [0.4, 0.5) is 0 Å². The van der Waals surface area contributed by atoms with E-state index in [0.29, 0.717) is 6.42 Å². The van der Waals surface area contributed by atoms with Crippen molar-refractivity contribution in [2.75, 3.05) is 26.3 Å². The SMILES string of the molecule is O=C([O-])CCNCC(O)COCCC[Si](O)(O)O. The quantitative estimate of drug-likeness (QED) is 0.193. The Balaban J connectivity index is 3.32. The van der Waals surface area contributed by atoms with Crippen LogP contribution in [0.15, 0.2) is 0 Å². The minimum absolute atomic E-state index is 0.0508. The van der Waals surface area contributed by atoms with Gasteiger partial charge in [-0.2, -0.15) is 0 Å². The molecule has 0 saturated heterocycles. The van der Waals surface area contributed by atoms with Crippen LogP contribution >= 0.6 is 0 Å². The second-order valence-corrected chi connectivity index (χ2v) is 5.98. The maximum absolute atomic E-state index is 10.1. The van der Waals surface area contributed by atoms with Gasteiger partial charge in [0.15, 0.2) is 0 Å². The Labute approximate surface area is 106 Å². The minimum atomic E-state index is -3.99. The highest BCUT2D eigenvalue weighted by Gasteiger charge is 2.25. The molecule has 0 bridgehead atoms. The summed E-state index contributed by atoms with van der Waals surface area (Å²) in [6, 6.07) is -0.104. The highest BCUT2D eigenvalue weighted by Crippen LogP contribution is 2.01. The van der Waals surface area contributed by atoms with Crippen LogP contribution < -0.4 is 10.4 Å². The number of aliphatic hydroxyl groups excluding tert-OH is 1. The van der Waals surface area contributed by atoms with Gasteiger partial charge in [0.25, 0.3) is 0 Å². The number of hydrogen-bond donors (Lipinski definition) is 5. The third kappa shape index (κ3) is 13.5. The number of aliphatic carboxylic acids is 1. The number of carbonyl (C=O) groups excluding carboxylic acids is 1. The van der Waals surface area contributed by atoms with E-state index in [1.54, 1.807) is 0 Å². The molecule has 1 unspecified atom stereocenters. The van der Waals surface area contributed by atoms with Crippen molar-refractivity contribution in [3.8, 4) is 0 Å². The molecule has 0 fully saturated rings. The van der Waals surface area contributed by atoms with Crippen molar-refractivity contribution in [1.29, 1.82) is 0 Å². The molecule has 0 aliphatic rings. The molecule has 8 nitrogen and oxygen atoms in total. The Hall–Kier alpha value is -0.553. The Kier molecular flexibility index (Phi) is 9.10. The van der Waals surface area contributed by atoms with Crippen molar-refractivity contribution in [1.82, 2.24) is 5.32 Å². The molecule has 1 atom stereocenters. The van der Waals surface area contributed by atoms with Gasteiger partial charge >= 0.3 is 8.80 Å². The fraction of sp³-hybridized carbons (Fsp3) is 0.889. The van der Waals surface area contributed by atoms with E-state index >= 15 is 0 Å². The van der Waals surface area contributed by atoms with E-state index in [2.05, 4.69) is 5.32 Å². The van der Waals surface area contributed by atoms with Crippen LogP contribution in [0.3, 0.4) is 0 Å². The summed E-state index contributed by atoms with van der Waals surface area (Å²) in [4.78, 5) is 36.2. The monoisotopic (exact) mass is 282 g/mol. The first kappa shape index (κ1) is 17.4. The van der Waals surface area contributed by atoms with Gasteiger partial charge in [-0.1, -0.05) is 0 Å². The summed E-state index contributed by atoms with van der Waals surface area (Å²) in [5.74, 6) is -1.15. The number of rotatable bonds is 11. The largest absolute Gasteiger partial charge is 0.550 e. The molecule has 0 aliphatic carbocycles. The Morgan fingerprint density at radius 3 is 2.61 bits per heavy atom. The van der Waals surface area contributed by atoms with E-state index in [1.807, 2.05) is 0 Å². The first-order valence-corrected chi connectivity index (χ1v) is 7.69. The zero-order valence-corrected chi connectivity index (χ0v) is 11.0. The molecule has 0 radical (unpaired) electrons.